The largest absolute Gasteiger partial charge is 0.386 e. The van der Waals surface area contributed by atoms with Gasteiger partial charge >= 0.3 is 0 Å². The quantitative estimate of drug-likeness (QED) is 0.740. The summed E-state index contributed by atoms with van der Waals surface area (Å²) in [6, 6.07) is 8.25. The molecule has 1 aromatic carbocycles. The first-order chi connectivity index (χ1) is 11.3. The fourth-order valence-corrected chi connectivity index (χ4v) is 3.96. The molecule has 23 heavy (non-hydrogen) atoms. The molecule has 1 atom stereocenters. The minimum atomic E-state index is 0.0736. The van der Waals surface area contributed by atoms with Gasteiger partial charge in [0.05, 0.1) is 34.3 Å². The maximum absolute atomic E-state index is 12.5. The zero-order valence-corrected chi connectivity index (χ0v) is 12.7. The van der Waals surface area contributed by atoms with E-state index in [-0.39, 0.29) is 11.7 Å². The number of carbonyl (C=O) groups excluding carboxylic acids is 1. The number of fused-ring (bicyclic) bond motifs is 3. The summed E-state index contributed by atoms with van der Waals surface area (Å²) in [5.41, 5.74) is 7.97. The average Bonchev–Trinajstić information content (AvgIpc) is 3.02. The third-order valence-corrected chi connectivity index (χ3v) is 4.93. The lowest BCUT2D eigenvalue weighted by atomic mass is 9.76. The molecule has 1 aliphatic carbocycles. The Morgan fingerprint density at radius 1 is 1.30 bits per heavy atom. The van der Waals surface area contributed by atoms with E-state index in [4.69, 9.17) is 0 Å². The van der Waals surface area contributed by atoms with Crippen LogP contribution in [0.3, 0.4) is 0 Å². The van der Waals surface area contributed by atoms with Gasteiger partial charge in [0.2, 0.25) is 0 Å². The van der Waals surface area contributed by atoms with Gasteiger partial charge < -0.3 is 16.0 Å². The average molecular weight is 304 g/mol. The first kappa shape index (κ1) is 12.7. The van der Waals surface area contributed by atoms with Gasteiger partial charge in [-0.3, -0.25) is 9.79 Å². The summed E-state index contributed by atoms with van der Waals surface area (Å²) in [4.78, 5) is 17.2. The van der Waals surface area contributed by atoms with Gasteiger partial charge in [0.15, 0.2) is 5.78 Å². The number of anilines is 1. The second-order valence-electron chi connectivity index (χ2n) is 6.09. The smallest absolute Gasteiger partial charge is 0.168 e. The van der Waals surface area contributed by atoms with Crippen LogP contribution in [0.5, 0.6) is 0 Å². The van der Waals surface area contributed by atoms with E-state index in [0.29, 0.717) is 13.0 Å². The first-order valence-electron chi connectivity index (χ1n) is 7.88. The standard InChI is InChI=1S/C18H16N4O/c1-19-15-14-12(23)6-7-20-17(14)18-13-10(8-21-16(13)15)9-4-2-3-5-11(9)22-18/h2-5,8,13,19-20,22H,6-7H2,1H3. The van der Waals surface area contributed by atoms with Crippen LogP contribution in [0.2, 0.25) is 0 Å². The second-order valence-corrected chi connectivity index (χ2v) is 6.09. The Morgan fingerprint density at radius 3 is 3.04 bits per heavy atom. The topological polar surface area (TPSA) is 65.5 Å². The molecule has 0 bridgehead atoms. The molecule has 1 aromatic rings. The second kappa shape index (κ2) is 4.35. The molecular formula is C18H16N4O. The van der Waals surface area contributed by atoms with Crippen molar-refractivity contribution in [2.24, 2.45) is 10.9 Å². The van der Waals surface area contributed by atoms with Crippen LogP contribution in [-0.4, -0.2) is 25.1 Å². The fourth-order valence-electron chi connectivity index (χ4n) is 3.96. The molecule has 1 unspecified atom stereocenters. The van der Waals surface area contributed by atoms with Gasteiger partial charge in [-0.1, -0.05) is 18.2 Å². The van der Waals surface area contributed by atoms with Crippen molar-refractivity contribution in [1.82, 2.24) is 10.6 Å². The predicted octanol–water partition coefficient (Wildman–Crippen LogP) is 1.78. The zero-order valence-electron chi connectivity index (χ0n) is 12.7. The van der Waals surface area contributed by atoms with E-state index in [1.807, 2.05) is 25.4 Å². The molecule has 114 valence electrons. The van der Waals surface area contributed by atoms with E-state index in [0.717, 1.165) is 34.1 Å². The summed E-state index contributed by atoms with van der Waals surface area (Å²) < 4.78 is 0. The lowest BCUT2D eigenvalue weighted by Crippen LogP contribution is -2.43. The zero-order chi connectivity index (χ0) is 15.6. The Labute approximate surface area is 133 Å². The van der Waals surface area contributed by atoms with E-state index in [2.05, 4.69) is 33.1 Å². The van der Waals surface area contributed by atoms with Crippen molar-refractivity contribution in [2.45, 2.75) is 6.42 Å². The van der Waals surface area contributed by atoms with Crippen LogP contribution in [0.1, 0.15) is 12.0 Å². The van der Waals surface area contributed by atoms with Gasteiger partial charge in [-0.2, -0.15) is 0 Å². The number of hydrogen-bond donors (Lipinski definition) is 3. The maximum atomic E-state index is 12.5. The molecule has 3 aliphatic heterocycles. The molecule has 0 saturated carbocycles. The molecule has 5 heteroatoms. The summed E-state index contributed by atoms with van der Waals surface area (Å²) in [5, 5.41) is 10.2. The fraction of sp³-hybridized carbons (Fsp3) is 0.222. The number of benzene rings is 1. The van der Waals surface area contributed by atoms with Gasteiger partial charge in [-0.05, 0) is 11.6 Å². The number of nitrogens with zero attached hydrogens (tertiary/aromatic N) is 1. The number of ketones is 1. The van der Waals surface area contributed by atoms with Crippen LogP contribution in [0.4, 0.5) is 5.69 Å². The molecular weight excluding hydrogens is 288 g/mol. The van der Waals surface area contributed by atoms with Gasteiger partial charge in [0, 0.05) is 37.5 Å². The van der Waals surface area contributed by atoms with Crippen LogP contribution >= 0.6 is 0 Å². The monoisotopic (exact) mass is 304 g/mol. The van der Waals surface area contributed by atoms with E-state index < -0.39 is 0 Å². The number of piperidine rings is 1. The third kappa shape index (κ3) is 1.51. The first-order valence-corrected chi connectivity index (χ1v) is 7.88. The number of carbonyl (C=O) groups is 1. The number of allylic oxidation sites excluding steroid dienone is 3. The van der Waals surface area contributed by atoms with Crippen molar-refractivity contribution in [3.63, 3.8) is 0 Å². The molecule has 5 rings (SSSR count). The number of rotatable bonds is 1. The molecule has 4 aliphatic rings. The Bertz CT molecular complexity index is 888. The van der Waals surface area contributed by atoms with Crippen molar-refractivity contribution < 1.29 is 4.79 Å². The maximum Gasteiger partial charge on any atom is 0.168 e. The minimum Gasteiger partial charge on any atom is -0.386 e. The van der Waals surface area contributed by atoms with E-state index >= 15 is 0 Å². The highest BCUT2D eigenvalue weighted by atomic mass is 16.1. The summed E-state index contributed by atoms with van der Waals surface area (Å²) >= 11 is 0. The van der Waals surface area contributed by atoms with Crippen LogP contribution in [-0.2, 0) is 4.79 Å². The van der Waals surface area contributed by atoms with E-state index in [9.17, 15) is 4.79 Å². The summed E-state index contributed by atoms with van der Waals surface area (Å²) in [7, 11) is 1.86. The molecule has 0 amide bonds. The lowest BCUT2D eigenvalue weighted by molar-refractivity contribution is -0.115. The highest BCUT2D eigenvalue weighted by molar-refractivity contribution is 6.21. The molecule has 5 nitrogen and oxygen atoms in total. The van der Waals surface area contributed by atoms with Crippen LogP contribution in [0, 0.1) is 5.92 Å². The van der Waals surface area contributed by atoms with Gasteiger partial charge in [0.1, 0.15) is 0 Å². The highest BCUT2D eigenvalue weighted by Crippen LogP contribution is 2.48. The number of hydrogen-bond acceptors (Lipinski definition) is 5. The van der Waals surface area contributed by atoms with Gasteiger partial charge in [-0.15, -0.1) is 0 Å². The summed E-state index contributed by atoms with van der Waals surface area (Å²) in [6.45, 7) is 0.680. The van der Waals surface area contributed by atoms with Crippen molar-refractivity contribution in [1.29, 1.82) is 0 Å². The highest BCUT2D eigenvalue weighted by Gasteiger charge is 2.44. The molecule has 1 saturated heterocycles. The third-order valence-electron chi connectivity index (χ3n) is 4.93. The summed E-state index contributed by atoms with van der Waals surface area (Å²) in [6.07, 6.45) is 2.46. The normalized spacial score (nSPS) is 24.0. The number of Topliss-reactive ketones (excluding diaryl/α,β-unsaturated/α-hetero) is 1. The van der Waals surface area contributed by atoms with E-state index in [1.165, 1.54) is 11.1 Å². The molecule has 0 spiro atoms. The lowest BCUT2D eigenvalue weighted by Gasteiger charge is -2.38. The minimum absolute atomic E-state index is 0.0736. The Balaban J connectivity index is 1.80. The summed E-state index contributed by atoms with van der Waals surface area (Å²) in [5.74, 6) is 0.246. The van der Waals surface area contributed by atoms with Gasteiger partial charge in [-0.25, -0.2) is 0 Å². The molecule has 1 fully saturated rings. The van der Waals surface area contributed by atoms with Crippen molar-refractivity contribution in [3.8, 4) is 0 Å². The Kier molecular flexibility index (Phi) is 2.40. The van der Waals surface area contributed by atoms with E-state index in [1.54, 1.807) is 0 Å². The van der Waals surface area contributed by atoms with Gasteiger partial charge in [0.25, 0.3) is 0 Å². The predicted molar refractivity (Wildman–Crippen MR) is 89.7 cm³/mol. The number of aliphatic imine (C=N–C) groups is 1. The molecule has 0 aromatic heterocycles. The van der Waals surface area contributed by atoms with Crippen LogP contribution < -0.4 is 16.0 Å². The molecule has 3 N–H and O–H groups in total. The van der Waals surface area contributed by atoms with Crippen molar-refractivity contribution in [2.75, 3.05) is 18.9 Å². The number of nitrogens with one attached hydrogen (secondary N) is 3. The van der Waals surface area contributed by atoms with Crippen LogP contribution in [0.25, 0.3) is 5.57 Å². The van der Waals surface area contributed by atoms with Crippen molar-refractivity contribution >= 4 is 22.8 Å². The SMILES string of the molecule is CNC1=C2C(=O)CCNC2=C2Nc3ccccc3C3=CN=C1C32. The Hall–Kier alpha value is -2.82. The van der Waals surface area contributed by atoms with Crippen molar-refractivity contribution in [3.05, 3.63) is 58.7 Å². The molecule has 0 radical (unpaired) electrons. The number of para-hydroxylation sites is 1. The Morgan fingerprint density at radius 2 is 2.17 bits per heavy atom. The van der Waals surface area contributed by atoms with Crippen LogP contribution in [0.15, 0.2) is 58.1 Å². The molecule has 3 heterocycles.